The molecule has 0 amide bonds. The number of nitriles is 2. The SMILES string of the molecule is CC(C)(C)[Si](C)(C)OC[C@@]1(C)CNc2c(C#N)cc(-c3ccnc(Nc4cc(C#N)nn4CCC4CC4)n3)cc21. The van der Waals surface area contributed by atoms with E-state index in [2.05, 4.69) is 79.7 Å². The Labute approximate surface area is 237 Å². The molecule has 0 spiro atoms. The summed E-state index contributed by atoms with van der Waals surface area (Å²) in [5.74, 6) is 1.86. The summed E-state index contributed by atoms with van der Waals surface area (Å²) >= 11 is 0. The molecule has 3 aromatic rings. The summed E-state index contributed by atoms with van der Waals surface area (Å²) in [4.78, 5) is 9.22. The van der Waals surface area contributed by atoms with Crippen LogP contribution in [0, 0.1) is 28.6 Å². The maximum absolute atomic E-state index is 10.0. The molecule has 1 aromatic carbocycles. The van der Waals surface area contributed by atoms with Gasteiger partial charge in [-0.15, -0.1) is 0 Å². The van der Waals surface area contributed by atoms with E-state index in [0.29, 0.717) is 41.9 Å². The van der Waals surface area contributed by atoms with Gasteiger partial charge in [-0.3, -0.25) is 0 Å². The van der Waals surface area contributed by atoms with E-state index < -0.39 is 8.32 Å². The monoisotopic (exact) mass is 554 g/mol. The van der Waals surface area contributed by atoms with Crippen molar-refractivity contribution in [2.24, 2.45) is 5.92 Å². The summed E-state index contributed by atoms with van der Waals surface area (Å²) in [5, 5.41) is 30.7. The van der Waals surface area contributed by atoms with E-state index in [-0.39, 0.29) is 10.5 Å². The zero-order valence-electron chi connectivity index (χ0n) is 24.3. The molecule has 0 radical (unpaired) electrons. The van der Waals surface area contributed by atoms with Crippen molar-refractivity contribution < 1.29 is 4.43 Å². The van der Waals surface area contributed by atoms with E-state index >= 15 is 0 Å². The standard InChI is InChI=1S/C30H38N8OSi/c1-29(2,3)40(5,6)39-19-30(4)18-34-27-22(16-31)13-21(14-24(27)30)25-9-11-33-28(35-25)36-26-15-23(17-32)37-38(26)12-10-20-7-8-20/h9,11,13-15,20,34H,7-8,10,12,18-19H2,1-6H3,(H,33,35,36)/t30-/m1/s1. The average Bonchev–Trinajstić information content (AvgIpc) is 3.58. The van der Waals surface area contributed by atoms with Gasteiger partial charge in [-0.25, -0.2) is 14.6 Å². The van der Waals surface area contributed by atoms with E-state index in [9.17, 15) is 10.5 Å². The molecule has 10 heteroatoms. The number of rotatable bonds is 9. The minimum atomic E-state index is -1.95. The lowest BCUT2D eigenvalue weighted by atomic mass is 9.83. The second-order valence-electron chi connectivity index (χ2n) is 12.9. The maximum atomic E-state index is 10.0. The summed E-state index contributed by atoms with van der Waals surface area (Å²) in [7, 11) is -1.95. The highest BCUT2D eigenvalue weighted by atomic mass is 28.4. The Hall–Kier alpha value is -3.73. The van der Waals surface area contributed by atoms with Crippen LogP contribution in [0.4, 0.5) is 17.5 Å². The van der Waals surface area contributed by atoms with Crippen LogP contribution in [0.1, 0.15) is 63.8 Å². The van der Waals surface area contributed by atoms with Crippen molar-refractivity contribution in [3.8, 4) is 23.4 Å². The van der Waals surface area contributed by atoms with Crippen molar-refractivity contribution in [3.05, 3.63) is 47.3 Å². The second kappa shape index (κ2) is 10.3. The first-order valence-electron chi connectivity index (χ1n) is 14.0. The number of nitrogens with one attached hydrogen (secondary N) is 2. The van der Waals surface area contributed by atoms with Crippen LogP contribution in [0.25, 0.3) is 11.3 Å². The van der Waals surface area contributed by atoms with Crippen molar-refractivity contribution in [1.82, 2.24) is 19.7 Å². The van der Waals surface area contributed by atoms with Gasteiger partial charge in [0.1, 0.15) is 18.0 Å². The zero-order chi connectivity index (χ0) is 28.7. The molecule has 0 bridgehead atoms. The van der Waals surface area contributed by atoms with Gasteiger partial charge in [0.05, 0.1) is 16.9 Å². The number of aromatic nitrogens is 4. The van der Waals surface area contributed by atoms with Gasteiger partial charge in [0.2, 0.25) is 5.95 Å². The van der Waals surface area contributed by atoms with Gasteiger partial charge in [0, 0.05) is 42.9 Å². The van der Waals surface area contributed by atoms with Gasteiger partial charge in [-0.2, -0.15) is 15.6 Å². The number of hydrogen-bond donors (Lipinski definition) is 2. The first-order chi connectivity index (χ1) is 18.9. The number of anilines is 3. The fourth-order valence-electron chi connectivity index (χ4n) is 4.76. The first-order valence-corrected chi connectivity index (χ1v) is 16.9. The second-order valence-corrected chi connectivity index (χ2v) is 17.7. The van der Waals surface area contributed by atoms with Gasteiger partial charge >= 0.3 is 0 Å². The molecule has 0 saturated heterocycles. The molecule has 2 N–H and O–H groups in total. The van der Waals surface area contributed by atoms with E-state index in [1.165, 1.54) is 12.8 Å². The van der Waals surface area contributed by atoms with Crippen LogP contribution >= 0.6 is 0 Å². The highest BCUT2D eigenvalue weighted by Crippen LogP contribution is 2.44. The van der Waals surface area contributed by atoms with Crippen LogP contribution in [0.3, 0.4) is 0 Å². The van der Waals surface area contributed by atoms with Crippen molar-refractivity contribution in [2.45, 2.75) is 77.0 Å². The van der Waals surface area contributed by atoms with Crippen molar-refractivity contribution in [3.63, 3.8) is 0 Å². The fraction of sp³-hybridized carbons (Fsp3) is 0.500. The lowest BCUT2D eigenvalue weighted by Gasteiger charge is -2.39. The molecule has 0 unspecified atom stereocenters. The van der Waals surface area contributed by atoms with Crippen molar-refractivity contribution in [2.75, 3.05) is 23.8 Å². The molecule has 40 heavy (non-hydrogen) atoms. The van der Waals surface area contributed by atoms with Crippen LogP contribution in [0.5, 0.6) is 0 Å². The lowest BCUT2D eigenvalue weighted by molar-refractivity contribution is 0.220. The quantitative estimate of drug-likeness (QED) is 0.294. The van der Waals surface area contributed by atoms with Crippen LogP contribution in [0.15, 0.2) is 30.5 Å². The summed E-state index contributed by atoms with van der Waals surface area (Å²) in [6.07, 6.45) is 5.28. The third-order valence-electron chi connectivity index (χ3n) is 8.65. The largest absolute Gasteiger partial charge is 0.416 e. The van der Waals surface area contributed by atoms with Crippen molar-refractivity contribution >= 4 is 25.8 Å². The topological polar surface area (TPSA) is 124 Å². The summed E-state index contributed by atoms with van der Waals surface area (Å²) < 4.78 is 8.48. The smallest absolute Gasteiger partial charge is 0.228 e. The van der Waals surface area contributed by atoms with Gasteiger partial charge < -0.3 is 15.1 Å². The summed E-state index contributed by atoms with van der Waals surface area (Å²) in [6, 6.07) is 12.1. The molecular weight excluding hydrogens is 516 g/mol. The Morgan fingerprint density at radius 2 is 1.98 bits per heavy atom. The maximum Gasteiger partial charge on any atom is 0.228 e. The molecule has 5 rings (SSSR count). The Morgan fingerprint density at radius 3 is 2.65 bits per heavy atom. The average molecular weight is 555 g/mol. The van der Waals surface area contributed by atoms with Crippen LogP contribution in [0.2, 0.25) is 18.1 Å². The molecule has 1 atom stereocenters. The Balaban J connectivity index is 1.43. The third-order valence-corrected chi connectivity index (χ3v) is 13.1. The molecule has 2 aliphatic rings. The first kappa shape index (κ1) is 27.8. The number of nitrogens with zero attached hydrogens (tertiary/aromatic N) is 6. The minimum absolute atomic E-state index is 0.115. The summed E-state index contributed by atoms with van der Waals surface area (Å²) in [5.41, 5.74) is 4.19. The molecule has 2 aromatic heterocycles. The molecule has 208 valence electrons. The number of hydrogen-bond acceptors (Lipinski definition) is 8. The van der Waals surface area contributed by atoms with Gasteiger partial charge in [-0.05, 0) is 54.2 Å². The number of aryl methyl sites for hydroxylation is 1. The summed E-state index contributed by atoms with van der Waals surface area (Å²) in [6.45, 7) is 15.5. The normalized spacial score (nSPS) is 18.5. The van der Waals surface area contributed by atoms with E-state index in [1.807, 2.05) is 16.8 Å². The van der Waals surface area contributed by atoms with Gasteiger partial charge in [0.15, 0.2) is 14.0 Å². The molecule has 1 aliphatic carbocycles. The van der Waals surface area contributed by atoms with Crippen LogP contribution in [-0.4, -0.2) is 41.2 Å². The van der Waals surface area contributed by atoms with Crippen LogP contribution in [-0.2, 0) is 16.4 Å². The van der Waals surface area contributed by atoms with Crippen molar-refractivity contribution in [1.29, 1.82) is 10.5 Å². The molecule has 9 nitrogen and oxygen atoms in total. The molecule has 1 aliphatic heterocycles. The Bertz CT molecular complexity index is 1510. The zero-order valence-corrected chi connectivity index (χ0v) is 25.3. The predicted octanol–water partition coefficient (Wildman–Crippen LogP) is 6.33. The number of fused-ring (bicyclic) bond motifs is 1. The van der Waals surface area contributed by atoms with E-state index in [4.69, 9.17) is 9.41 Å². The predicted molar refractivity (Wildman–Crippen MR) is 159 cm³/mol. The molecular formula is C30H38N8OSi. The Morgan fingerprint density at radius 1 is 1.20 bits per heavy atom. The van der Waals surface area contributed by atoms with Gasteiger partial charge in [0.25, 0.3) is 0 Å². The van der Waals surface area contributed by atoms with E-state index in [1.54, 1.807) is 12.3 Å². The Kier molecular flexibility index (Phi) is 7.20. The highest BCUT2D eigenvalue weighted by molar-refractivity contribution is 6.74. The fourth-order valence-corrected chi connectivity index (χ4v) is 5.87. The number of benzene rings is 1. The molecule has 3 heterocycles. The third kappa shape index (κ3) is 5.60. The van der Waals surface area contributed by atoms with Crippen LogP contribution < -0.4 is 10.6 Å². The highest BCUT2D eigenvalue weighted by Gasteiger charge is 2.42. The minimum Gasteiger partial charge on any atom is -0.416 e. The molecule has 1 saturated carbocycles. The van der Waals surface area contributed by atoms with Gasteiger partial charge in [-0.1, -0.05) is 40.5 Å². The molecule has 1 fully saturated rings. The lowest BCUT2D eigenvalue weighted by Crippen LogP contribution is -2.45. The van der Waals surface area contributed by atoms with E-state index in [0.717, 1.165) is 35.7 Å².